The lowest BCUT2D eigenvalue weighted by atomic mass is 9.83. The van der Waals surface area contributed by atoms with Gasteiger partial charge in [0.25, 0.3) is 0 Å². The molecule has 2 aromatic rings. The maximum absolute atomic E-state index is 13.6. The molecule has 0 spiro atoms. The molecule has 1 unspecified atom stereocenters. The first-order valence-corrected chi connectivity index (χ1v) is 11.1. The number of esters is 1. The molecule has 0 aliphatic carbocycles. The molecule has 1 N–H and O–H groups in total. The highest BCUT2D eigenvalue weighted by molar-refractivity contribution is 7.89. The normalized spacial score (nSPS) is 14.7. The van der Waals surface area contributed by atoms with Crippen LogP contribution in [0.3, 0.4) is 0 Å². The summed E-state index contributed by atoms with van der Waals surface area (Å²) in [4.78, 5) is 26.8. The topological polar surface area (TPSA) is 92.8 Å². The van der Waals surface area contributed by atoms with E-state index >= 15 is 0 Å². The molecule has 7 nitrogen and oxygen atoms in total. The van der Waals surface area contributed by atoms with Crippen molar-refractivity contribution in [3.8, 4) is 0 Å². The van der Waals surface area contributed by atoms with Crippen molar-refractivity contribution in [3.05, 3.63) is 66.2 Å². The molecule has 162 valence electrons. The van der Waals surface area contributed by atoms with E-state index in [1.54, 1.807) is 69.4 Å². The van der Waals surface area contributed by atoms with E-state index in [0.29, 0.717) is 5.56 Å². The van der Waals surface area contributed by atoms with Crippen molar-refractivity contribution < 1.29 is 22.7 Å². The molecule has 0 saturated carbocycles. The zero-order valence-corrected chi connectivity index (χ0v) is 18.5. The molecule has 0 amide bonds. The van der Waals surface area contributed by atoms with E-state index in [2.05, 4.69) is 5.32 Å². The molecule has 0 radical (unpaired) electrons. The van der Waals surface area contributed by atoms with E-state index < -0.39 is 33.4 Å². The van der Waals surface area contributed by atoms with Crippen LogP contribution in [0.5, 0.6) is 0 Å². The van der Waals surface area contributed by atoms with Gasteiger partial charge in [0.05, 0.1) is 17.5 Å². The molecule has 0 fully saturated rings. The van der Waals surface area contributed by atoms with E-state index in [1.165, 1.54) is 19.2 Å². The minimum absolute atomic E-state index is 0.00973. The molecule has 0 aromatic heterocycles. The fourth-order valence-corrected chi connectivity index (χ4v) is 4.70. The molecule has 2 aromatic carbocycles. The molecule has 0 heterocycles. The smallest absolute Gasteiger partial charge is 0.335 e. The lowest BCUT2D eigenvalue weighted by Gasteiger charge is -2.39. The highest BCUT2D eigenvalue weighted by Crippen LogP contribution is 2.30. The number of benzene rings is 2. The number of nitrogens with zero attached hydrogens (tertiary/aromatic N) is 1. The first-order chi connectivity index (χ1) is 14.2. The summed E-state index contributed by atoms with van der Waals surface area (Å²) < 4.78 is 33.0. The van der Waals surface area contributed by atoms with Gasteiger partial charge in [-0.25, -0.2) is 13.2 Å². The average Bonchev–Trinajstić information content (AvgIpc) is 2.77. The summed E-state index contributed by atoms with van der Waals surface area (Å²) in [5.41, 5.74) is -1.44. The molecule has 0 aliphatic rings. The fourth-order valence-electron chi connectivity index (χ4n) is 3.24. The van der Waals surface area contributed by atoms with Crippen molar-refractivity contribution in [2.75, 3.05) is 20.7 Å². The Bertz CT molecular complexity index is 964. The van der Waals surface area contributed by atoms with Gasteiger partial charge in [-0.2, -0.15) is 4.31 Å². The second-order valence-electron chi connectivity index (χ2n) is 6.90. The van der Waals surface area contributed by atoms with E-state index in [9.17, 15) is 18.0 Å². The van der Waals surface area contributed by atoms with Gasteiger partial charge >= 0.3 is 5.97 Å². The number of hydrogen-bond acceptors (Lipinski definition) is 6. The van der Waals surface area contributed by atoms with E-state index in [0.717, 1.165) is 4.31 Å². The van der Waals surface area contributed by atoms with Gasteiger partial charge in [0.1, 0.15) is 0 Å². The van der Waals surface area contributed by atoms with Gasteiger partial charge in [-0.05, 0) is 38.6 Å². The van der Waals surface area contributed by atoms with E-state index in [4.69, 9.17) is 4.74 Å². The summed E-state index contributed by atoms with van der Waals surface area (Å²) in [5.74, 6) is -1.49. The Morgan fingerprint density at radius 1 is 1.07 bits per heavy atom. The molecule has 0 bridgehead atoms. The fraction of sp³-hybridized carbons (Fsp3) is 0.364. The van der Waals surface area contributed by atoms with Gasteiger partial charge in [-0.15, -0.1) is 0 Å². The third-order valence-corrected chi connectivity index (χ3v) is 6.99. The Labute approximate surface area is 178 Å². The number of rotatable bonds is 10. The second-order valence-corrected chi connectivity index (χ2v) is 8.87. The van der Waals surface area contributed by atoms with Crippen LogP contribution in [0.4, 0.5) is 0 Å². The largest absolute Gasteiger partial charge is 0.464 e. The molecule has 2 atom stereocenters. The summed E-state index contributed by atoms with van der Waals surface area (Å²) in [5, 5.41) is 2.82. The second kappa shape index (κ2) is 9.97. The highest BCUT2D eigenvalue weighted by Gasteiger charge is 2.56. The van der Waals surface area contributed by atoms with Crippen LogP contribution in [0.25, 0.3) is 0 Å². The number of carbonyl (C=O) groups is 2. The Balaban J connectivity index is 2.74. The van der Waals surface area contributed by atoms with Crippen LogP contribution < -0.4 is 5.32 Å². The predicted molar refractivity (Wildman–Crippen MR) is 114 cm³/mol. The number of ketones is 1. The van der Waals surface area contributed by atoms with Crippen LogP contribution in [0.15, 0.2) is 65.6 Å². The zero-order chi connectivity index (χ0) is 22.4. The predicted octanol–water partition coefficient (Wildman–Crippen LogP) is 2.03. The molecule has 30 heavy (non-hydrogen) atoms. The van der Waals surface area contributed by atoms with Crippen molar-refractivity contribution in [3.63, 3.8) is 0 Å². The quantitative estimate of drug-likeness (QED) is 0.456. The lowest BCUT2D eigenvalue weighted by Crippen LogP contribution is -2.65. The number of ether oxygens (including phenoxy) is 1. The van der Waals surface area contributed by atoms with Crippen molar-refractivity contribution in [2.24, 2.45) is 0 Å². The number of sulfonamides is 1. The summed E-state index contributed by atoms with van der Waals surface area (Å²) in [7, 11) is -1.35. The summed E-state index contributed by atoms with van der Waals surface area (Å²) >= 11 is 0. The summed E-state index contributed by atoms with van der Waals surface area (Å²) in [6.45, 7) is 3.21. The van der Waals surface area contributed by atoms with Gasteiger partial charge in [0, 0.05) is 13.5 Å². The third-order valence-electron chi connectivity index (χ3n) is 5.09. The van der Waals surface area contributed by atoms with Crippen LogP contribution in [0, 0.1) is 0 Å². The van der Waals surface area contributed by atoms with Crippen LogP contribution in [-0.2, 0) is 30.8 Å². The highest BCUT2D eigenvalue weighted by atomic mass is 32.2. The minimum atomic E-state index is -4.18. The Kier molecular flexibility index (Phi) is 7.89. The number of carbonyl (C=O) groups excluding carboxylic acids is 2. The lowest BCUT2D eigenvalue weighted by molar-refractivity contribution is -0.159. The molecule has 2 rings (SSSR count). The standard InChI is InChI=1S/C22H28N2O5S/c1-5-29-21(26)22(20(25)17(2)23-3,16-18-12-8-6-9-13-18)24(4)30(27,28)19-14-10-7-11-15-19/h6-15,17,23H,5,16H2,1-4H3/t17?,22-/m1/s1. The third kappa shape index (κ3) is 4.61. The Morgan fingerprint density at radius 2 is 1.60 bits per heavy atom. The van der Waals surface area contributed by atoms with Crippen molar-refractivity contribution in [1.82, 2.24) is 9.62 Å². The number of nitrogens with one attached hydrogen (secondary N) is 1. The first kappa shape index (κ1) is 23.7. The van der Waals surface area contributed by atoms with Crippen LogP contribution in [0.1, 0.15) is 19.4 Å². The van der Waals surface area contributed by atoms with Crippen LogP contribution in [0.2, 0.25) is 0 Å². The number of likely N-dealkylation sites (N-methyl/N-ethyl adjacent to an activating group) is 2. The average molecular weight is 433 g/mol. The summed E-state index contributed by atoms with van der Waals surface area (Å²) in [6, 6.07) is 15.8. The van der Waals surface area contributed by atoms with Gasteiger partial charge in [0.2, 0.25) is 10.0 Å². The molecular formula is C22H28N2O5S. The van der Waals surface area contributed by atoms with E-state index in [1.807, 2.05) is 0 Å². The molecule has 0 saturated heterocycles. The zero-order valence-electron chi connectivity index (χ0n) is 17.7. The maximum atomic E-state index is 13.6. The van der Waals surface area contributed by atoms with E-state index in [-0.39, 0.29) is 17.9 Å². The van der Waals surface area contributed by atoms with Gasteiger partial charge in [-0.1, -0.05) is 48.5 Å². The monoisotopic (exact) mass is 432 g/mol. The summed E-state index contributed by atoms with van der Waals surface area (Å²) in [6.07, 6.45) is -0.153. The van der Waals surface area contributed by atoms with Crippen molar-refractivity contribution in [1.29, 1.82) is 0 Å². The minimum Gasteiger partial charge on any atom is -0.464 e. The molecular weight excluding hydrogens is 404 g/mol. The van der Waals surface area contributed by atoms with Gasteiger partial charge < -0.3 is 10.1 Å². The van der Waals surface area contributed by atoms with Crippen LogP contribution >= 0.6 is 0 Å². The SMILES string of the molecule is CCOC(=O)[C@@](Cc1ccccc1)(C(=O)C(C)NC)N(C)S(=O)(=O)c1ccccc1. The Morgan fingerprint density at radius 3 is 2.10 bits per heavy atom. The number of hydrogen-bond donors (Lipinski definition) is 1. The first-order valence-electron chi connectivity index (χ1n) is 9.68. The van der Waals surface area contributed by atoms with Crippen molar-refractivity contribution in [2.45, 2.75) is 36.7 Å². The number of Topliss-reactive ketones (excluding diaryl/α,β-unsaturated/α-hetero) is 1. The van der Waals surface area contributed by atoms with Crippen molar-refractivity contribution >= 4 is 21.8 Å². The van der Waals surface area contributed by atoms with Crippen LogP contribution in [-0.4, -0.2) is 56.8 Å². The molecule has 0 aliphatic heterocycles. The van der Waals surface area contributed by atoms with Gasteiger partial charge in [-0.3, -0.25) is 4.79 Å². The Hall–Kier alpha value is -2.55. The maximum Gasteiger partial charge on any atom is 0.335 e. The molecule has 8 heteroatoms. The van der Waals surface area contributed by atoms with Gasteiger partial charge in [0.15, 0.2) is 11.3 Å².